The van der Waals surface area contributed by atoms with Gasteiger partial charge in [-0.1, -0.05) is 26.8 Å². The summed E-state index contributed by atoms with van der Waals surface area (Å²) in [6.07, 6.45) is -0.964. The first-order valence-corrected chi connectivity index (χ1v) is 10.3. The monoisotopic (exact) mass is 422 g/mol. The van der Waals surface area contributed by atoms with E-state index < -0.39 is 17.3 Å². The Hall–Kier alpha value is -2.15. The lowest BCUT2D eigenvalue weighted by atomic mass is 9.72. The number of fused-ring (bicyclic) bond motifs is 1. The van der Waals surface area contributed by atoms with Gasteiger partial charge in [-0.2, -0.15) is 13.2 Å². The molecule has 1 aliphatic carbocycles. The van der Waals surface area contributed by atoms with Crippen molar-refractivity contribution in [3.8, 4) is 5.75 Å². The average molecular weight is 422 g/mol. The lowest BCUT2D eigenvalue weighted by Gasteiger charge is -2.37. The molecule has 0 aliphatic heterocycles. The van der Waals surface area contributed by atoms with Gasteiger partial charge in [-0.15, -0.1) is 0 Å². The number of ether oxygens (including phenoxy) is 1. The van der Waals surface area contributed by atoms with Crippen LogP contribution in [0, 0.1) is 11.3 Å². The highest BCUT2D eigenvalue weighted by Gasteiger charge is 2.38. The normalized spacial score (nSPS) is 22.5. The lowest BCUT2D eigenvalue weighted by Crippen LogP contribution is -2.35. The van der Waals surface area contributed by atoms with E-state index in [0.29, 0.717) is 12.2 Å². The fraction of sp³-hybridized carbons (Fsp3) is 0.565. The summed E-state index contributed by atoms with van der Waals surface area (Å²) in [6, 6.07) is 5.50. The molecule has 1 atom stereocenters. The van der Waals surface area contributed by atoms with Crippen molar-refractivity contribution in [2.75, 3.05) is 0 Å². The second-order valence-corrected chi connectivity index (χ2v) is 9.56. The average Bonchev–Trinajstić information content (AvgIpc) is 2.66. The number of carbonyl (C=O) groups excluding carboxylic acids is 1. The van der Waals surface area contributed by atoms with Gasteiger partial charge in [-0.25, -0.2) is 0 Å². The van der Waals surface area contributed by atoms with Gasteiger partial charge in [0.25, 0.3) is 0 Å². The number of hydrogen-bond donors (Lipinski definition) is 1. The van der Waals surface area contributed by atoms with E-state index in [1.165, 1.54) is 31.2 Å². The van der Waals surface area contributed by atoms with Gasteiger partial charge in [0, 0.05) is 5.39 Å². The smallest absolute Gasteiger partial charge is 0.420 e. The van der Waals surface area contributed by atoms with Gasteiger partial charge in [0.2, 0.25) is 0 Å². The van der Waals surface area contributed by atoms with Crippen LogP contribution >= 0.6 is 0 Å². The summed E-state index contributed by atoms with van der Waals surface area (Å²) < 4.78 is 47.8. The second kappa shape index (κ2) is 7.84. The summed E-state index contributed by atoms with van der Waals surface area (Å²) in [7, 11) is 0. The Bertz CT molecular complexity index is 924. The summed E-state index contributed by atoms with van der Waals surface area (Å²) in [4.78, 5) is 15.4. The Balaban J connectivity index is 1.94. The molecule has 3 rings (SSSR count). The zero-order valence-corrected chi connectivity index (χ0v) is 17.8. The molecule has 0 saturated heterocycles. The molecule has 1 heterocycles. The van der Waals surface area contributed by atoms with Crippen LogP contribution in [0.25, 0.3) is 10.9 Å². The maximum absolute atomic E-state index is 14.0. The number of pyridine rings is 1. The number of alkyl halides is 3. The van der Waals surface area contributed by atoms with Crippen LogP contribution < -0.4 is 10.5 Å². The van der Waals surface area contributed by atoms with Gasteiger partial charge in [0.05, 0.1) is 17.3 Å². The van der Waals surface area contributed by atoms with Crippen LogP contribution in [0.15, 0.2) is 24.3 Å². The standard InChI is InChI=1S/C23H29F3N2O2/c1-21(2,3)14-5-7-15(8-6-14)30-18-11-10-17-16(20(18)23(24,25)26)9-12-19(28-17)22(4,27)13-29/h9-15H,5-8,27H2,1-4H3. The predicted molar refractivity (Wildman–Crippen MR) is 110 cm³/mol. The second-order valence-electron chi connectivity index (χ2n) is 9.56. The van der Waals surface area contributed by atoms with E-state index >= 15 is 0 Å². The molecule has 4 nitrogen and oxygen atoms in total. The van der Waals surface area contributed by atoms with Gasteiger partial charge in [0.15, 0.2) is 0 Å². The number of rotatable bonds is 4. The molecule has 164 valence electrons. The quantitative estimate of drug-likeness (QED) is 0.651. The molecule has 0 spiro atoms. The van der Waals surface area contributed by atoms with Crippen molar-refractivity contribution < 1.29 is 22.7 Å². The molecule has 1 fully saturated rings. The van der Waals surface area contributed by atoms with Crippen LogP contribution in [0.3, 0.4) is 0 Å². The first-order chi connectivity index (χ1) is 13.8. The molecule has 1 saturated carbocycles. The minimum atomic E-state index is -4.60. The minimum absolute atomic E-state index is 0.0613. The number of carbonyl (C=O) groups is 1. The molecule has 1 aromatic carbocycles. The molecule has 7 heteroatoms. The van der Waals surface area contributed by atoms with Gasteiger partial charge in [-0.3, -0.25) is 4.98 Å². The van der Waals surface area contributed by atoms with Gasteiger partial charge in [0.1, 0.15) is 23.1 Å². The summed E-state index contributed by atoms with van der Waals surface area (Å²) >= 11 is 0. The van der Waals surface area contributed by atoms with Crippen molar-refractivity contribution in [2.24, 2.45) is 17.1 Å². The van der Waals surface area contributed by atoms with Crippen LogP contribution in [0.2, 0.25) is 0 Å². The van der Waals surface area contributed by atoms with E-state index in [2.05, 4.69) is 25.8 Å². The van der Waals surface area contributed by atoms with Crippen molar-refractivity contribution in [1.82, 2.24) is 4.98 Å². The van der Waals surface area contributed by atoms with Crippen LogP contribution in [0.1, 0.15) is 64.6 Å². The summed E-state index contributed by atoms with van der Waals surface area (Å²) in [5, 5.41) is -0.0613. The Morgan fingerprint density at radius 2 is 1.67 bits per heavy atom. The first-order valence-electron chi connectivity index (χ1n) is 10.3. The fourth-order valence-corrected chi connectivity index (χ4v) is 4.16. The summed E-state index contributed by atoms with van der Waals surface area (Å²) in [5.41, 5.74) is 4.20. The molecule has 2 aromatic rings. The zero-order valence-electron chi connectivity index (χ0n) is 17.8. The molecule has 0 amide bonds. The van der Waals surface area contributed by atoms with Crippen molar-refractivity contribution in [3.05, 3.63) is 35.5 Å². The largest absolute Gasteiger partial charge is 0.490 e. The van der Waals surface area contributed by atoms with Crippen LogP contribution in [0.4, 0.5) is 13.2 Å². The van der Waals surface area contributed by atoms with Gasteiger partial charge >= 0.3 is 6.18 Å². The van der Waals surface area contributed by atoms with E-state index in [1.807, 2.05) is 0 Å². The van der Waals surface area contributed by atoms with Crippen LogP contribution in [0.5, 0.6) is 5.75 Å². The van der Waals surface area contributed by atoms with Crippen molar-refractivity contribution in [1.29, 1.82) is 0 Å². The maximum atomic E-state index is 14.0. The van der Waals surface area contributed by atoms with E-state index in [9.17, 15) is 18.0 Å². The van der Waals surface area contributed by atoms with Crippen LogP contribution in [-0.2, 0) is 16.5 Å². The molecule has 1 unspecified atom stereocenters. The third-order valence-electron chi connectivity index (χ3n) is 6.11. The highest BCUT2D eigenvalue weighted by Crippen LogP contribution is 2.43. The first kappa shape index (κ1) is 22.5. The Morgan fingerprint density at radius 3 is 2.20 bits per heavy atom. The SMILES string of the molecule is CC(N)(C=O)c1ccc2c(C(F)(F)F)c(OC3CCC(C(C)(C)C)CC3)ccc2n1. The number of aldehydes is 1. The third-order valence-corrected chi connectivity index (χ3v) is 6.11. The van der Waals surface area contributed by atoms with Crippen molar-refractivity contribution >= 4 is 17.2 Å². The number of hydrogen-bond acceptors (Lipinski definition) is 4. The number of benzene rings is 1. The minimum Gasteiger partial charge on any atom is -0.490 e. The predicted octanol–water partition coefficient (Wildman–Crippen LogP) is 5.61. The Morgan fingerprint density at radius 1 is 1.03 bits per heavy atom. The topological polar surface area (TPSA) is 65.2 Å². The molecule has 30 heavy (non-hydrogen) atoms. The molecule has 1 aromatic heterocycles. The maximum Gasteiger partial charge on any atom is 0.420 e. The molecule has 0 radical (unpaired) electrons. The highest BCUT2D eigenvalue weighted by molar-refractivity contribution is 5.86. The highest BCUT2D eigenvalue weighted by atomic mass is 19.4. The van der Waals surface area contributed by atoms with E-state index in [-0.39, 0.29) is 33.9 Å². The van der Waals surface area contributed by atoms with Crippen molar-refractivity contribution in [3.63, 3.8) is 0 Å². The van der Waals surface area contributed by atoms with E-state index in [0.717, 1.165) is 25.7 Å². The van der Waals surface area contributed by atoms with Gasteiger partial charge < -0.3 is 15.3 Å². The number of nitrogens with zero attached hydrogens (tertiary/aromatic N) is 1. The summed E-state index contributed by atoms with van der Waals surface area (Å²) in [6.45, 7) is 8.05. The molecular weight excluding hydrogens is 393 g/mol. The number of aromatic nitrogens is 1. The van der Waals surface area contributed by atoms with E-state index in [1.54, 1.807) is 0 Å². The Labute approximate surface area is 175 Å². The molecule has 1 aliphatic rings. The number of halogens is 3. The van der Waals surface area contributed by atoms with Crippen LogP contribution in [-0.4, -0.2) is 17.4 Å². The molecule has 2 N–H and O–H groups in total. The zero-order chi connectivity index (χ0) is 22.3. The summed E-state index contributed by atoms with van der Waals surface area (Å²) in [5.74, 6) is 0.372. The Kier molecular flexibility index (Phi) is 5.89. The molecular formula is C23H29F3N2O2. The fourth-order valence-electron chi connectivity index (χ4n) is 4.16. The number of nitrogens with two attached hydrogens (primary N) is 1. The third kappa shape index (κ3) is 4.61. The van der Waals surface area contributed by atoms with Crippen molar-refractivity contribution in [2.45, 2.75) is 71.2 Å². The molecule has 0 bridgehead atoms. The van der Waals surface area contributed by atoms with Gasteiger partial charge in [-0.05, 0) is 62.1 Å². The lowest BCUT2D eigenvalue weighted by molar-refractivity contribution is -0.138. The van der Waals surface area contributed by atoms with E-state index in [4.69, 9.17) is 10.5 Å².